The van der Waals surface area contributed by atoms with Gasteiger partial charge in [0.1, 0.15) is 5.60 Å². The van der Waals surface area contributed by atoms with Crippen molar-refractivity contribution in [3.8, 4) is 0 Å². The van der Waals surface area contributed by atoms with Crippen LogP contribution in [0.25, 0.3) is 0 Å². The summed E-state index contributed by atoms with van der Waals surface area (Å²) in [5.74, 6) is 1.95. The number of thioether (sulfide) groups is 1. The third-order valence-corrected chi connectivity index (χ3v) is 4.27. The molecule has 1 fully saturated rings. The fourth-order valence-corrected chi connectivity index (χ4v) is 2.70. The van der Waals surface area contributed by atoms with E-state index in [2.05, 4.69) is 33.7 Å². The van der Waals surface area contributed by atoms with Gasteiger partial charge in [0, 0.05) is 51.6 Å². The van der Waals surface area contributed by atoms with E-state index in [1.807, 2.05) is 32.5 Å². The summed E-state index contributed by atoms with van der Waals surface area (Å²) in [5, 5.41) is 6.60. The monoisotopic (exact) mass is 501 g/mol. The van der Waals surface area contributed by atoms with E-state index in [4.69, 9.17) is 4.74 Å². The highest BCUT2D eigenvalue weighted by molar-refractivity contribution is 14.0. The quantitative estimate of drug-likeness (QED) is 0.241. The number of halogens is 1. The number of amides is 1. The smallest absolute Gasteiger partial charge is 0.410 e. The summed E-state index contributed by atoms with van der Waals surface area (Å²) in [6, 6.07) is 0. The van der Waals surface area contributed by atoms with E-state index in [0.717, 1.165) is 51.0 Å². The number of guanidine groups is 1. The Morgan fingerprint density at radius 3 is 2.38 bits per heavy atom. The molecule has 0 radical (unpaired) electrons. The minimum atomic E-state index is -0.436. The molecule has 1 aliphatic heterocycles. The number of carbonyl (C=O) groups excluding carboxylic acids is 1. The molecule has 0 atom stereocenters. The van der Waals surface area contributed by atoms with E-state index in [9.17, 15) is 4.79 Å². The molecule has 0 unspecified atom stereocenters. The number of hydrogen-bond donors (Lipinski definition) is 2. The lowest BCUT2D eigenvalue weighted by atomic mass is 10.2. The molecule has 0 aromatic heterocycles. The second kappa shape index (κ2) is 13.7. The predicted molar refractivity (Wildman–Crippen MR) is 122 cm³/mol. The highest BCUT2D eigenvalue weighted by Gasteiger charge is 2.25. The zero-order valence-corrected chi connectivity index (χ0v) is 20.0. The molecule has 1 saturated heterocycles. The molecule has 26 heavy (non-hydrogen) atoms. The second-order valence-corrected chi connectivity index (χ2v) is 7.97. The van der Waals surface area contributed by atoms with E-state index < -0.39 is 5.60 Å². The van der Waals surface area contributed by atoms with E-state index in [-0.39, 0.29) is 30.1 Å². The molecule has 0 bridgehead atoms. The minimum absolute atomic E-state index is 0. The lowest BCUT2D eigenvalue weighted by molar-refractivity contribution is 0.0148. The van der Waals surface area contributed by atoms with Crippen LogP contribution in [-0.4, -0.2) is 91.8 Å². The maximum Gasteiger partial charge on any atom is 0.410 e. The van der Waals surface area contributed by atoms with Crippen LogP contribution >= 0.6 is 35.7 Å². The summed E-state index contributed by atoms with van der Waals surface area (Å²) in [6.45, 7) is 14.4. The van der Waals surface area contributed by atoms with Crippen molar-refractivity contribution in [1.82, 2.24) is 20.4 Å². The van der Waals surface area contributed by atoms with Crippen molar-refractivity contribution < 1.29 is 9.53 Å². The molecule has 0 aromatic rings. The second-order valence-electron chi connectivity index (χ2n) is 6.99. The number of carbonyl (C=O) groups is 1. The van der Waals surface area contributed by atoms with E-state index >= 15 is 0 Å². The third kappa shape index (κ3) is 11.3. The lowest BCUT2D eigenvalue weighted by Gasteiger charge is -2.35. The number of hydrogen-bond acceptors (Lipinski definition) is 5. The summed E-state index contributed by atoms with van der Waals surface area (Å²) in [5.41, 5.74) is -0.436. The van der Waals surface area contributed by atoms with Crippen LogP contribution in [0, 0.1) is 0 Å². The molecule has 7 nitrogen and oxygen atoms in total. The van der Waals surface area contributed by atoms with Crippen molar-refractivity contribution in [2.45, 2.75) is 33.3 Å². The van der Waals surface area contributed by atoms with Crippen LogP contribution in [0.15, 0.2) is 4.99 Å². The van der Waals surface area contributed by atoms with Crippen LogP contribution in [0.4, 0.5) is 4.79 Å². The Kier molecular flexibility index (Phi) is 13.5. The maximum absolute atomic E-state index is 12.1. The van der Waals surface area contributed by atoms with Gasteiger partial charge in [-0.3, -0.25) is 9.89 Å². The minimum Gasteiger partial charge on any atom is -0.444 e. The van der Waals surface area contributed by atoms with Gasteiger partial charge in [0.05, 0.1) is 6.54 Å². The molecule has 0 aromatic carbocycles. The Morgan fingerprint density at radius 1 is 1.19 bits per heavy atom. The predicted octanol–water partition coefficient (Wildman–Crippen LogP) is 2.08. The van der Waals surface area contributed by atoms with Crippen molar-refractivity contribution in [2.75, 3.05) is 64.4 Å². The summed E-state index contributed by atoms with van der Waals surface area (Å²) >= 11 is 1.82. The number of ether oxygens (including phenoxy) is 1. The van der Waals surface area contributed by atoms with Crippen molar-refractivity contribution in [2.24, 2.45) is 4.99 Å². The molecule has 2 N–H and O–H groups in total. The van der Waals surface area contributed by atoms with Crippen LogP contribution in [0.2, 0.25) is 0 Å². The molecule has 1 rings (SSSR count). The number of nitrogens with one attached hydrogen (secondary N) is 2. The zero-order chi connectivity index (χ0) is 18.7. The molecule has 0 saturated carbocycles. The van der Waals surface area contributed by atoms with Gasteiger partial charge in [0.2, 0.25) is 0 Å². The average molecular weight is 501 g/mol. The molecular formula is C17H36IN5O2S. The Morgan fingerprint density at radius 2 is 1.85 bits per heavy atom. The molecule has 1 amide bonds. The lowest BCUT2D eigenvalue weighted by Crippen LogP contribution is -2.50. The first kappa shape index (κ1) is 25.6. The highest BCUT2D eigenvalue weighted by atomic mass is 127. The summed E-state index contributed by atoms with van der Waals surface area (Å²) in [7, 11) is 0. The molecule has 0 aliphatic carbocycles. The van der Waals surface area contributed by atoms with Crippen LogP contribution in [-0.2, 0) is 4.74 Å². The van der Waals surface area contributed by atoms with Crippen LogP contribution in [0.3, 0.4) is 0 Å². The Bertz CT molecular complexity index is 424. The maximum atomic E-state index is 12.1. The van der Waals surface area contributed by atoms with Gasteiger partial charge in [-0.05, 0) is 34.0 Å². The summed E-state index contributed by atoms with van der Waals surface area (Å²) < 4.78 is 5.43. The first-order chi connectivity index (χ1) is 11.9. The SMILES string of the molecule is CCNC(=NCCN1CCN(C(=O)OC(C)(C)C)CC1)NCCSC.I. The summed E-state index contributed by atoms with van der Waals surface area (Å²) in [4.78, 5) is 20.8. The molecular weight excluding hydrogens is 465 g/mol. The van der Waals surface area contributed by atoms with Crippen molar-refractivity contribution in [3.63, 3.8) is 0 Å². The number of rotatable bonds is 7. The van der Waals surface area contributed by atoms with Gasteiger partial charge >= 0.3 is 6.09 Å². The van der Waals surface area contributed by atoms with Crippen LogP contribution < -0.4 is 10.6 Å². The fourth-order valence-electron chi connectivity index (χ4n) is 2.40. The topological polar surface area (TPSA) is 69.2 Å². The molecule has 154 valence electrons. The van der Waals surface area contributed by atoms with E-state index in [1.54, 1.807) is 4.90 Å². The standard InChI is InChI=1S/C17H35N5O2S.HI/c1-6-18-15(20-8-14-25-5)19-7-9-21-10-12-22(13-11-21)16(23)24-17(2,3)4;/h6-14H2,1-5H3,(H2,18,19,20);1H. The fraction of sp³-hybridized carbons (Fsp3) is 0.882. The van der Waals surface area contributed by atoms with Crippen molar-refractivity contribution in [1.29, 1.82) is 0 Å². The highest BCUT2D eigenvalue weighted by Crippen LogP contribution is 2.11. The largest absolute Gasteiger partial charge is 0.444 e. The molecule has 0 spiro atoms. The van der Waals surface area contributed by atoms with Crippen LogP contribution in [0.1, 0.15) is 27.7 Å². The first-order valence-electron chi connectivity index (χ1n) is 9.07. The Labute approximate surface area is 180 Å². The van der Waals surface area contributed by atoms with E-state index in [1.165, 1.54) is 0 Å². The van der Waals surface area contributed by atoms with Gasteiger partial charge in [-0.2, -0.15) is 11.8 Å². The molecule has 9 heteroatoms. The number of piperazine rings is 1. The van der Waals surface area contributed by atoms with Crippen molar-refractivity contribution >= 4 is 47.8 Å². The first-order valence-corrected chi connectivity index (χ1v) is 10.5. The van der Waals surface area contributed by atoms with Gasteiger partial charge in [-0.1, -0.05) is 0 Å². The Balaban J connectivity index is 0.00000625. The van der Waals surface area contributed by atoms with Gasteiger partial charge in [0.25, 0.3) is 0 Å². The van der Waals surface area contributed by atoms with Crippen molar-refractivity contribution in [3.05, 3.63) is 0 Å². The number of aliphatic imine (C=N–C) groups is 1. The number of nitrogens with zero attached hydrogens (tertiary/aromatic N) is 3. The van der Waals surface area contributed by atoms with Crippen LogP contribution in [0.5, 0.6) is 0 Å². The van der Waals surface area contributed by atoms with Gasteiger partial charge in [0.15, 0.2) is 5.96 Å². The molecule has 1 aliphatic rings. The normalized spacial score (nSPS) is 16.0. The average Bonchev–Trinajstić information content (AvgIpc) is 2.54. The summed E-state index contributed by atoms with van der Waals surface area (Å²) in [6.07, 6.45) is 1.89. The third-order valence-electron chi connectivity index (χ3n) is 3.65. The van der Waals surface area contributed by atoms with Gasteiger partial charge in [-0.25, -0.2) is 4.79 Å². The zero-order valence-electron chi connectivity index (χ0n) is 16.8. The van der Waals surface area contributed by atoms with Gasteiger partial charge in [-0.15, -0.1) is 24.0 Å². The van der Waals surface area contributed by atoms with E-state index in [0.29, 0.717) is 13.1 Å². The molecule has 1 heterocycles. The Hall–Kier alpha value is -0.420. The van der Waals surface area contributed by atoms with Gasteiger partial charge < -0.3 is 20.3 Å².